The Balaban J connectivity index is 1.82. The Morgan fingerprint density at radius 1 is 1.38 bits per heavy atom. The largest absolute Gasteiger partial charge is 0.446 e. The van der Waals surface area contributed by atoms with Crippen molar-refractivity contribution in [3.05, 3.63) is 18.1 Å². The SMILES string of the molecule is Cc1nccc(N2CCC(OC(=O)NC(C)(C)C)CC2)n1. The number of nitrogens with zero attached hydrogens (tertiary/aromatic N) is 3. The van der Waals surface area contributed by atoms with Crippen LogP contribution < -0.4 is 10.2 Å². The molecule has 0 bridgehead atoms. The fourth-order valence-corrected chi connectivity index (χ4v) is 2.31. The monoisotopic (exact) mass is 292 g/mol. The molecule has 116 valence electrons. The molecule has 1 aromatic heterocycles. The maximum atomic E-state index is 11.8. The molecule has 0 saturated carbocycles. The number of rotatable bonds is 2. The smallest absolute Gasteiger partial charge is 0.407 e. The van der Waals surface area contributed by atoms with Gasteiger partial charge in [0, 0.05) is 37.7 Å². The third-order valence-corrected chi connectivity index (χ3v) is 3.28. The number of hydrogen-bond acceptors (Lipinski definition) is 5. The van der Waals surface area contributed by atoms with Gasteiger partial charge in [-0.25, -0.2) is 14.8 Å². The molecule has 1 aliphatic heterocycles. The third-order valence-electron chi connectivity index (χ3n) is 3.28. The van der Waals surface area contributed by atoms with Crippen molar-refractivity contribution >= 4 is 11.9 Å². The maximum Gasteiger partial charge on any atom is 0.407 e. The number of carbonyl (C=O) groups excluding carboxylic acids is 1. The van der Waals surface area contributed by atoms with E-state index in [1.165, 1.54) is 0 Å². The summed E-state index contributed by atoms with van der Waals surface area (Å²) in [6.07, 6.45) is 3.06. The molecule has 0 radical (unpaired) electrons. The van der Waals surface area contributed by atoms with Crippen molar-refractivity contribution in [3.63, 3.8) is 0 Å². The van der Waals surface area contributed by atoms with E-state index in [0.717, 1.165) is 37.6 Å². The second-order valence-corrected chi connectivity index (χ2v) is 6.43. The number of aromatic nitrogens is 2. The summed E-state index contributed by atoms with van der Waals surface area (Å²) in [5.41, 5.74) is -0.268. The number of anilines is 1. The van der Waals surface area contributed by atoms with Gasteiger partial charge >= 0.3 is 6.09 Å². The van der Waals surface area contributed by atoms with Crippen LogP contribution in [0.25, 0.3) is 0 Å². The van der Waals surface area contributed by atoms with E-state index in [1.54, 1.807) is 6.20 Å². The number of ether oxygens (including phenoxy) is 1. The molecule has 2 rings (SSSR count). The molecule has 1 aromatic rings. The molecule has 1 aliphatic rings. The number of hydrogen-bond donors (Lipinski definition) is 1. The maximum absolute atomic E-state index is 11.8. The first-order valence-corrected chi connectivity index (χ1v) is 7.37. The normalized spacial score (nSPS) is 16.7. The van der Waals surface area contributed by atoms with Crippen LogP contribution in [0.3, 0.4) is 0 Å². The molecule has 2 heterocycles. The van der Waals surface area contributed by atoms with E-state index in [0.29, 0.717) is 0 Å². The van der Waals surface area contributed by atoms with Crippen molar-refractivity contribution in [2.45, 2.75) is 52.2 Å². The van der Waals surface area contributed by atoms with Crippen molar-refractivity contribution in [1.82, 2.24) is 15.3 Å². The first kappa shape index (κ1) is 15.5. The van der Waals surface area contributed by atoms with E-state index in [-0.39, 0.29) is 17.7 Å². The summed E-state index contributed by atoms with van der Waals surface area (Å²) in [4.78, 5) is 22.5. The fourth-order valence-electron chi connectivity index (χ4n) is 2.31. The van der Waals surface area contributed by atoms with E-state index in [2.05, 4.69) is 20.2 Å². The molecular formula is C15H24N4O2. The van der Waals surface area contributed by atoms with E-state index >= 15 is 0 Å². The Bertz CT molecular complexity index is 491. The summed E-state index contributed by atoms with van der Waals surface area (Å²) < 4.78 is 5.47. The molecule has 1 fully saturated rings. The Kier molecular flexibility index (Phi) is 4.65. The van der Waals surface area contributed by atoms with Crippen LogP contribution in [0.4, 0.5) is 10.6 Å². The summed E-state index contributed by atoms with van der Waals surface area (Å²) in [5.74, 6) is 1.72. The lowest BCUT2D eigenvalue weighted by Gasteiger charge is -2.33. The molecule has 0 aliphatic carbocycles. The number of aryl methyl sites for hydroxylation is 1. The van der Waals surface area contributed by atoms with Crippen molar-refractivity contribution in [2.24, 2.45) is 0 Å². The Morgan fingerprint density at radius 2 is 2.05 bits per heavy atom. The summed E-state index contributed by atoms with van der Waals surface area (Å²) in [6, 6.07) is 1.92. The van der Waals surface area contributed by atoms with Crippen molar-refractivity contribution in [3.8, 4) is 0 Å². The standard InChI is InChI=1S/C15H24N4O2/c1-11-16-8-5-13(17-11)19-9-6-12(7-10-19)21-14(20)18-15(2,3)4/h5,8,12H,6-7,9-10H2,1-4H3,(H,18,20). The highest BCUT2D eigenvalue weighted by Crippen LogP contribution is 2.19. The minimum atomic E-state index is -0.334. The zero-order valence-electron chi connectivity index (χ0n) is 13.2. The van der Waals surface area contributed by atoms with Crippen LogP contribution in [0, 0.1) is 6.92 Å². The van der Waals surface area contributed by atoms with Gasteiger partial charge in [-0.3, -0.25) is 0 Å². The van der Waals surface area contributed by atoms with E-state index in [9.17, 15) is 4.79 Å². The van der Waals surface area contributed by atoms with Gasteiger partial charge in [0.1, 0.15) is 17.7 Å². The van der Waals surface area contributed by atoms with Gasteiger partial charge in [-0.2, -0.15) is 0 Å². The minimum absolute atomic E-state index is 0.0217. The third kappa shape index (κ3) is 4.88. The van der Waals surface area contributed by atoms with Gasteiger partial charge < -0.3 is 15.0 Å². The molecule has 0 aromatic carbocycles. The van der Waals surface area contributed by atoms with E-state index in [4.69, 9.17) is 4.74 Å². The van der Waals surface area contributed by atoms with Crippen LogP contribution in [0.5, 0.6) is 0 Å². The highest BCUT2D eigenvalue weighted by molar-refractivity contribution is 5.68. The first-order chi connectivity index (χ1) is 9.83. The van der Waals surface area contributed by atoms with Gasteiger partial charge in [0.05, 0.1) is 0 Å². The lowest BCUT2D eigenvalue weighted by molar-refractivity contribution is 0.0776. The molecular weight excluding hydrogens is 268 g/mol. The van der Waals surface area contributed by atoms with E-state index < -0.39 is 0 Å². The molecule has 0 spiro atoms. The lowest BCUT2D eigenvalue weighted by Crippen LogP contribution is -2.44. The van der Waals surface area contributed by atoms with Crippen LogP contribution >= 0.6 is 0 Å². The average molecular weight is 292 g/mol. The molecule has 0 atom stereocenters. The number of piperidine rings is 1. The van der Waals surface area contributed by atoms with Gasteiger partial charge in [0.25, 0.3) is 0 Å². The molecule has 21 heavy (non-hydrogen) atoms. The second kappa shape index (κ2) is 6.28. The molecule has 1 saturated heterocycles. The van der Waals surface area contributed by atoms with Crippen molar-refractivity contribution in [1.29, 1.82) is 0 Å². The number of carbonyl (C=O) groups is 1. The molecule has 6 nitrogen and oxygen atoms in total. The molecule has 6 heteroatoms. The molecule has 0 unspecified atom stereocenters. The highest BCUT2D eigenvalue weighted by atomic mass is 16.6. The van der Waals surface area contributed by atoms with Crippen LogP contribution in [0.15, 0.2) is 12.3 Å². The van der Waals surface area contributed by atoms with Crippen LogP contribution in [0.1, 0.15) is 39.4 Å². The summed E-state index contributed by atoms with van der Waals surface area (Å²) in [5, 5.41) is 2.82. The molecule has 1 N–H and O–H groups in total. The van der Waals surface area contributed by atoms with Gasteiger partial charge in [0.2, 0.25) is 0 Å². The summed E-state index contributed by atoms with van der Waals surface area (Å²) >= 11 is 0. The quantitative estimate of drug-likeness (QED) is 0.905. The second-order valence-electron chi connectivity index (χ2n) is 6.43. The van der Waals surface area contributed by atoms with Gasteiger partial charge in [-0.05, 0) is 33.8 Å². The van der Waals surface area contributed by atoms with Crippen LogP contribution in [-0.4, -0.2) is 40.8 Å². The average Bonchev–Trinajstić information content (AvgIpc) is 2.37. The topological polar surface area (TPSA) is 67.4 Å². The van der Waals surface area contributed by atoms with Crippen LogP contribution in [-0.2, 0) is 4.74 Å². The van der Waals surface area contributed by atoms with Crippen molar-refractivity contribution < 1.29 is 9.53 Å². The first-order valence-electron chi connectivity index (χ1n) is 7.37. The predicted molar refractivity (Wildman–Crippen MR) is 81.4 cm³/mol. The zero-order chi connectivity index (χ0) is 15.5. The fraction of sp³-hybridized carbons (Fsp3) is 0.667. The summed E-state index contributed by atoms with van der Waals surface area (Å²) in [6.45, 7) is 9.38. The number of alkyl carbamates (subject to hydrolysis) is 1. The summed E-state index contributed by atoms with van der Waals surface area (Å²) in [7, 11) is 0. The Morgan fingerprint density at radius 3 is 2.62 bits per heavy atom. The van der Waals surface area contributed by atoms with Crippen molar-refractivity contribution in [2.75, 3.05) is 18.0 Å². The number of amides is 1. The van der Waals surface area contributed by atoms with Gasteiger partial charge in [0.15, 0.2) is 0 Å². The highest BCUT2D eigenvalue weighted by Gasteiger charge is 2.24. The zero-order valence-corrected chi connectivity index (χ0v) is 13.2. The Labute approximate surface area is 125 Å². The lowest BCUT2D eigenvalue weighted by atomic mass is 10.1. The number of nitrogens with one attached hydrogen (secondary N) is 1. The van der Waals surface area contributed by atoms with Gasteiger partial charge in [-0.15, -0.1) is 0 Å². The predicted octanol–water partition coefficient (Wildman–Crippen LogP) is 2.28. The van der Waals surface area contributed by atoms with Gasteiger partial charge in [-0.1, -0.05) is 0 Å². The minimum Gasteiger partial charge on any atom is -0.446 e. The Hall–Kier alpha value is -1.85. The molecule has 1 amide bonds. The van der Waals surface area contributed by atoms with E-state index in [1.807, 2.05) is 33.8 Å². The van der Waals surface area contributed by atoms with Crippen LogP contribution in [0.2, 0.25) is 0 Å².